The molecule has 1 rings (SSSR count). The summed E-state index contributed by atoms with van der Waals surface area (Å²) in [6.45, 7) is 4.78. The van der Waals surface area contributed by atoms with Gasteiger partial charge in [0.2, 0.25) is 0 Å². The molecule has 0 fully saturated rings. The van der Waals surface area contributed by atoms with E-state index in [0.717, 1.165) is 23.3 Å². The van der Waals surface area contributed by atoms with Crippen LogP contribution in [0, 0.1) is 0 Å². The Labute approximate surface area is 116 Å². The quantitative estimate of drug-likeness (QED) is 0.704. The molecular weight excluding hydrogens is 240 g/mol. The second-order valence-electron chi connectivity index (χ2n) is 5.07. The van der Waals surface area contributed by atoms with Gasteiger partial charge < -0.3 is 20.9 Å². The zero-order chi connectivity index (χ0) is 14.4. The topological polar surface area (TPSA) is 67.5 Å². The fraction of sp³-hybridized carbons (Fsp3) is 0.600. The van der Waals surface area contributed by atoms with Gasteiger partial charge in [0.1, 0.15) is 5.75 Å². The lowest BCUT2D eigenvalue weighted by molar-refractivity contribution is 0.129. The van der Waals surface area contributed by atoms with Gasteiger partial charge in [0.05, 0.1) is 13.2 Å². The van der Waals surface area contributed by atoms with Crippen LogP contribution in [0.15, 0.2) is 18.2 Å². The van der Waals surface area contributed by atoms with E-state index in [0.29, 0.717) is 12.5 Å². The van der Waals surface area contributed by atoms with Crippen LogP contribution >= 0.6 is 0 Å². The minimum absolute atomic E-state index is 0.0293. The van der Waals surface area contributed by atoms with Crippen molar-refractivity contribution in [1.29, 1.82) is 0 Å². The largest absolute Gasteiger partial charge is 0.496 e. The predicted octanol–water partition coefficient (Wildman–Crippen LogP) is 1.79. The SMILES string of the molecule is CNC(CCN)C(O)c1ccc(OC)c(C(C)C)c1. The molecule has 0 aliphatic carbocycles. The smallest absolute Gasteiger partial charge is 0.122 e. The van der Waals surface area contributed by atoms with Crippen LogP contribution < -0.4 is 15.8 Å². The van der Waals surface area contributed by atoms with Crippen molar-refractivity contribution in [2.24, 2.45) is 5.73 Å². The molecule has 1 aromatic rings. The number of nitrogens with one attached hydrogen (secondary N) is 1. The Kier molecular flexibility index (Phi) is 6.28. The van der Waals surface area contributed by atoms with Crippen molar-refractivity contribution < 1.29 is 9.84 Å². The van der Waals surface area contributed by atoms with E-state index in [-0.39, 0.29) is 6.04 Å². The Morgan fingerprint density at radius 1 is 1.37 bits per heavy atom. The highest BCUT2D eigenvalue weighted by Gasteiger charge is 2.20. The maximum atomic E-state index is 10.4. The van der Waals surface area contributed by atoms with Crippen LogP contribution in [0.4, 0.5) is 0 Å². The Balaban J connectivity index is 3.03. The molecule has 19 heavy (non-hydrogen) atoms. The molecule has 0 amide bonds. The number of rotatable bonds is 7. The van der Waals surface area contributed by atoms with Crippen LogP contribution in [-0.4, -0.2) is 31.9 Å². The molecule has 0 aliphatic heterocycles. The van der Waals surface area contributed by atoms with Crippen LogP contribution in [0.3, 0.4) is 0 Å². The summed E-state index contributed by atoms with van der Waals surface area (Å²) in [5, 5.41) is 13.5. The highest BCUT2D eigenvalue weighted by atomic mass is 16.5. The first-order chi connectivity index (χ1) is 9.04. The van der Waals surface area contributed by atoms with Crippen molar-refractivity contribution >= 4 is 0 Å². The maximum absolute atomic E-state index is 10.4. The monoisotopic (exact) mass is 266 g/mol. The van der Waals surface area contributed by atoms with E-state index >= 15 is 0 Å². The summed E-state index contributed by atoms with van der Waals surface area (Å²) in [7, 11) is 3.51. The van der Waals surface area contributed by atoms with Gasteiger partial charge in [0.15, 0.2) is 0 Å². The van der Waals surface area contributed by atoms with Crippen LogP contribution in [0.25, 0.3) is 0 Å². The molecule has 1 aromatic carbocycles. The molecule has 2 atom stereocenters. The summed E-state index contributed by atoms with van der Waals surface area (Å²) in [6, 6.07) is 5.83. The predicted molar refractivity (Wildman–Crippen MR) is 78.6 cm³/mol. The van der Waals surface area contributed by atoms with E-state index in [1.165, 1.54) is 0 Å². The molecule has 0 spiro atoms. The summed E-state index contributed by atoms with van der Waals surface area (Å²) in [5.74, 6) is 1.22. The van der Waals surface area contributed by atoms with Gasteiger partial charge in [-0.05, 0) is 49.2 Å². The van der Waals surface area contributed by atoms with Gasteiger partial charge in [0.25, 0.3) is 0 Å². The van der Waals surface area contributed by atoms with Crippen molar-refractivity contribution in [3.63, 3.8) is 0 Å². The molecule has 0 aromatic heterocycles. The molecule has 0 heterocycles. The first-order valence-corrected chi connectivity index (χ1v) is 6.78. The molecule has 0 aliphatic rings. The number of ether oxygens (including phenoxy) is 1. The molecule has 0 saturated heterocycles. The summed E-state index contributed by atoms with van der Waals surface area (Å²) in [4.78, 5) is 0. The maximum Gasteiger partial charge on any atom is 0.122 e. The number of aliphatic hydroxyl groups excluding tert-OH is 1. The number of benzene rings is 1. The molecule has 0 saturated carbocycles. The lowest BCUT2D eigenvalue weighted by Crippen LogP contribution is -2.34. The van der Waals surface area contributed by atoms with Crippen molar-refractivity contribution in [2.75, 3.05) is 20.7 Å². The average molecular weight is 266 g/mol. The summed E-state index contributed by atoms with van der Waals surface area (Å²) < 4.78 is 5.36. The third-order valence-electron chi connectivity index (χ3n) is 3.45. The van der Waals surface area contributed by atoms with Crippen LogP contribution in [-0.2, 0) is 0 Å². The second kappa shape index (κ2) is 7.48. The van der Waals surface area contributed by atoms with Gasteiger partial charge in [-0.1, -0.05) is 19.9 Å². The first kappa shape index (κ1) is 16.0. The number of nitrogens with two attached hydrogens (primary N) is 1. The Bertz CT molecular complexity index is 394. The molecule has 4 heteroatoms. The summed E-state index contributed by atoms with van der Waals surface area (Å²) in [5.41, 5.74) is 7.59. The Morgan fingerprint density at radius 3 is 2.53 bits per heavy atom. The molecule has 4 nitrogen and oxygen atoms in total. The van der Waals surface area contributed by atoms with E-state index in [9.17, 15) is 5.11 Å². The minimum atomic E-state index is -0.558. The van der Waals surface area contributed by atoms with E-state index in [1.807, 2.05) is 25.2 Å². The van der Waals surface area contributed by atoms with Crippen molar-refractivity contribution in [2.45, 2.75) is 38.3 Å². The molecule has 0 bridgehead atoms. The van der Waals surface area contributed by atoms with E-state index < -0.39 is 6.10 Å². The van der Waals surface area contributed by atoms with Gasteiger partial charge in [-0.3, -0.25) is 0 Å². The molecular formula is C15H26N2O2. The first-order valence-electron chi connectivity index (χ1n) is 6.78. The molecule has 0 radical (unpaired) electrons. The minimum Gasteiger partial charge on any atom is -0.496 e. The van der Waals surface area contributed by atoms with Gasteiger partial charge >= 0.3 is 0 Å². The van der Waals surface area contributed by atoms with E-state index in [1.54, 1.807) is 7.11 Å². The van der Waals surface area contributed by atoms with Crippen molar-refractivity contribution in [1.82, 2.24) is 5.32 Å². The molecule has 108 valence electrons. The molecule has 4 N–H and O–H groups in total. The Morgan fingerprint density at radius 2 is 2.05 bits per heavy atom. The lowest BCUT2D eigenvalue weighted by Gasteiger charge is -2.23. The third kappa shape index (κ3) is 3.93. The Hall–Kier alpha value is -1.10. The van der Waals surface area contributed by atoms with Gasteiger partial charge in [-0.25, -0.2) is 0 Å². The lowest BCUT2D eigenvalue weighted by atomic mass is 9.94. The standard InChI is InChI=1S/C15H26N2O2/c1-10(2)12-9-11(5-6-14(12)19-4)15(18)13(17-3)7-8-16/h5-6,9-10,13,15,17-18H,7-8,16H2,1-4H3. The van der Waals surface area contributed by atoms with Crippen LogP contribution in [0.2, 0.25) is 0 Å². The average Bonchev–Trinajstić information content (AvgIpc) is 2.43. The number of methoxy groups -OCH3 is 1. The third-order valence-corrected chi connectivity index (χ3v) is 3.45. The summed E-state index contributed by atoms with van der Waals surface area (Å²) in [6.07, 6.45) is 0.178. The molecule has 2 unspecified atom stereocenters. The highest BCUT2D eigenvalue weighted by Crippen LogP contribution is 2.30. The second-order valence-corrected chi connectivity index (χ2v) is 5.07. The van der Waals surface area contributed by atoms with Crippen molar-refractivity contribution in [3.05, 3.63) is 29.3 Å². The van der Waals surface area contributed by atoms with E-state index in [4.69, 9.17) is 10.5 Å². The number of hydrogen-bond acceptors (Lipinski definition) is 4. The highest BCUT2D eigenvalue weighted by molar-refractivity contribution is 5.40. The van der Waals surface area contributed by atoms with Gasteiger partial charge in [0, 0.05) is 6.04 Å². The van der Waals surface area contributed by atoms with Crippen LogP contribution in [0.1, 0.15) is 43.4 Å². The van der Waals surface area contributed by atoms with Gasteiger partial charge in [-0.2, -0.15) is 0 Å². The number of likely N-dealkylation sites (N-methyl/N-ethyl adjacent to an activating group) is 1. The number of aliphatic hydroxyl groups is 1. The van der Waals surface area contributed by atoms with Gasteiger partial charge in [-0.15, -0.1) is 0 Å². The fourth-order valence-corrected chi connectivity index (χ4v) is 2.26. The summed E-state index contributed by atoms with van der Waals surface area (Å²) >= 11 is 0. The zero-order valence-electron chi connectivity index (χ0n) is 12.3. The fourth-order valence-electron chi connectivity index (χ4n) is 2.26. The van der Waals surface area contributed by atoms with Crippen LogP contribution in [0.5, 0.6) is 5.75 Å². The number of hydrogen-bond donors (Lipinski definition) is 3. The van der Waals surface area contributed by atoms with E-state index in [2.05, 4.69) is 19.2 Å². The van der Waals surface area contributed by atoms with Crippen molar-refractivity contribution in [3.8, 4) is 5.75 Å². The zero-order valence-corrected chi connectivity index (χ0v) is 12.3. The normalized spacial score (nSPS) is 14.5.